The van der Waals surface area contributed by atoms with Gasteiger partial charge in [-0.05, 0) is 31.5 Å². The van der Waals surface area contributed by atoms with Gasteiger partial charge in [-0.2, -0.15) is 0 Å². The molecule has 138 valence electrons. The molecule has 0 bridgehead atoms. The van der Waals surface area contributed by atoms with Crippen molar-refractivity contribution >= 4 is 17.7 Å². The molecular formula is C19H24FN5O. The molecule has 0 atom stereocenters. The van der Waals surface area contributed by atoms with Crippen LogP contribution in [-0.4, -0.2) is 29.9 Å². The summed E-state index contributed by atoms with van der Waals surface area (Å²) in [4.78, 5) is 20.4. The maximum absolute atomic E-state index is 13.6. The second kappa shape index (κ2) is 10.1. The van der Waals surface area contributed by atoms with Gasteiger partial charge in [0.1, 0.15) is 11.6 Å². The maximum Gasteiger partial charge on any atom is 0.227 e. The van der Waals surface area contributed by atoms with Gasteiger partial charge < -0.3 is 16.0 Å². The summed E-state index contributed by atoms with van der Waals surface area (Å²) in [5, 5.41) is 8.89. The molecular weight excluding hydrogens is 333 g/mol. The molecule has 1 aromatic carbocycles. The van der Waals surface area contributed by atoms with Crippen LogP contribution in [0.15, 0.2) is 47.6 Å². The average Bonchev–Trinajstić information content (AvgIpc) is 2.63. The minimum Gasteiger partial charge on any atom is -0.357 e. The first-order valence-electron chi connectivity index (χ1n) is 8.56. The van der Waals surface area contributed by atoms with Gasteiger partial charge in [-0.15, -0.1) is 0 Å². The highest BCUT2D eigenvalue weighted by Crippen LogP contribution is 2.07. The second-order valence-corrected chi connectivity index (χ2v) is 5.73. The largest absolute Gasteiger partial charge is 0.357 e. The molecule has 0 aliphatic carbocycles. The van der Waals surface area contributed by atoms with Gasteiger partial charge in [-0.25, -0.2) is 14.4 Å². The summed E-state index contributed by atoms with van der Waals surface area (Å²) >= 11 is 0. The van der Waals surface area contributed by atoms with Crippen molar-refractivity contribution < 1.29 is 9.18 Å². The smallest absolute Gasteiger partial charge is 0.227 e. The zero-order valence-corrected chi connectivity index (χ0v) is 15.1. The highest BCUT2D eigenvalue weighted by molar-refractivity contribution is 5.90. The van der Waals surface area contributed by atoms with Gasteiger partial charge >= 0.3 is 0 Å². The minimum absolute atomic E-state index is 0.140. The van der Waals surface area contributed by atoms with Crippen LogP contribution < -0.4 is 16.0 Å². The molecule has 0 fully saturated rings. The quantitative estimate of drug-likeness (QED) is 0.526. The Hall–Kier alpha value is -2.96. The molecule has 0 spiro atoms. The number of carbonyl (C=O) groups excluding carboxylic acids is 1. The molecule has 6 nitrogen and oxygen atoms in total. The van der Waals surface area contributed by atoms with Crippen LogP contribution in [0, 0.1) is 12.7 Å². The van der Waals surface area contributed by atoms with Crippen LogP contribution in [0.5, 0.6) is 0 Å². The molecule has 1 amide bonds. The molecule has 0 saturated heterocycles. The van der Waals surface area contributed by atoms with Crippen molar-refractivity contribution in [3.8, 4) is 0 Å². The molecule has 2 aromatic rings. The standard InChI is InChI=1S/C19H24FN5O/c1-3-21-19(24-13-15-6-4-5-7-16(15)20)22-11-10-18(26)25-17-9-8-14(2)12-23-17/h4-9,12H,3,10-11,13H2,1-2H3,(H2,21,22,24)(H,23,25,26). The number of aryl methyl sites for hydroxylation is 1. The summed E-state index contributed by atoms with van der Waals surface area (Å²) < 4.78 is 13.6. The number of nitrogens with one attached hydrogen (secondary N) is 3. The summed E-state index contributed by atoms with van der Waals surface area (Å²) in [6.07, 6.45) is 1.96. The maximum atomic E-state index is 13.6. The predicted octanol–water partition coefficient (Wildman–Crippen LogP) is 2.61. The third-order valence-electron chi connectivity index (χ3n) is 3.53. The number of nitrogens with zero attached hydrogens (tertiary/aromatic N) is 2. The van der Waals surface area contributed by atoms with Gasteiger partial charge in [0.15, 0.2) is 5.96 Å². The van der Waals surface area contributed by atoms with Crippen molar-refractivity contribution in [3.63, 3.8) is 0 Å². The van der Waals surface area contributed by atoms with Crippen LogP contribution in [0.3, 0.4) is 0 Å². The Kier molecular flexibility index (Phi) is 7.54. The van der Waals surface area contributed by atoms with Crippen molar-refractivity contribution in [1.29, 1.82) is 0 Å². The number of hydrogen-bond acceptors (Lipinski definition) is 3. The van der Waals surface area contributed by atoms with Crippen LogP contribution in [0.4, 0.5) is 10.2 Å². The Morgan fingerprint density at radius 3 is 2.69 bits per heavy atom. The van der Waals surface area contributed by atoms with E-state index in [4.69, 9.17) is 0 Å². The Morgan fingerprint density at radius 1 is 1.19 bits per heavy atom. The number of aliphatic imine (C=N–C) groups is 1. The number of pyridine rings is 1. The van der Waals surface area contributed by atoms with Crippen LogP contribution in [0.1, 0.15) is 24.5 Å². The number of rotatable bonds is 7. The molecule has 0 aliphatic rings. The lowest BCUT2D eigenvalue weighted by atomic mass is 10.2. The number of guanidine groups is 1. The van der Waals surface area contributed by atoms with Crippen LogP contribution in [-0.2, 0) is 11.3 Å². The van der Waals surface area contributed by atoms with Gasteiger partial charge in [-0.1, -0.05) is 24.3 Å². The van der Waals surface area contributed by atoms with E-state index in [9.17, 15) is 9.18 Å². The van der Waals surface area contributed by atoms with Crippen molar-refractivity contribution in [2.75, 3.05) is 18.4 Å². The van der Waals surface area contributed by atoms with E-state index >= 15 is 0 Å². The molecule has 1 aromatic heterocycles. The van der Waals surface area contributed by atoms with Crippen molar-refractivity contribution in [2.45, 2.75) is 26.8 Å². The molecule has 26 heavy (non-hydrogen) atoms. The fourth-order valence-corrected chi connectivity index (χ4v) is 2.17. The molecule has 0 radical (unpaired) electrons. The first-order valence-corrected chi connectivity index (χ1v) is 8.56. The van der Waals surface area contributed by atoms with Gasteiger partial charge in [0.05, 0.1) is 6.54 Å². The highest BCUT2D eigenvalue weighted by atomic mass is 19.1. The number of anilines is 1. The van der Waals surface area contributed by atoms with Gasteiger partial charge in [0, 0.05) is 31.3 Å². The summed E-state index contributed by atoms with van der Waals surface area (Å²) in [7, 11) is 0. The van der Waals surface area contributed by atoms with E-state index in [1.54, 1.807) is 30.5 Å². The van der Waals surface area contributed by atoms with Crippen LogP contribution >= 0.6 is 0 Å². The highest BCUT2D eigenvalue weighted by Gasteiger charge is 2.05. The molecule has 2 rings (SSSR count). The summed E-state index contributed by atoms with van der Waals surface area (Å²) in [5.41, 5.74) is 1.55. The summed E-state index contributed by atoms with van der Waals surface area (Å²) in [6, 6.07) is 10.2. The number of benzene rings is 1. The van der Waals surface area contributed by atoms with Crippen molar-refractivity contribution in [3.05, 3.63) is 59.5 Å². The SMILES string of the molecule is CCNC(=NCc1ccccc1F)NCCC(=O)Nc1ccc(C)cn1. The molecule has 1 heterocycles. The lowest BCUT2D eigenvalue weighted by Crippen LogP contribution is -2.38. The van der Waals surface area contributed by atoms with Crippen molar-refractivity contribution in [2.24, 2.45) is 4.99 Å². The predicted molar refractivity (Wildman–Crippen MR) is 101 cm³/mol. The Bertz CT molecular complexity index is 746. The molecule has 3 N–H and O–H groups in total. The van der Waals surface area contributed by atoms with Crippen LogP contribution in [0.25, 0.3) is 0 Å². The number of halogens is 1. The van der Waals surface area contributed by atoms with E-state index in [1.807, 2.05) is 19.9 Å². The zero-order valence-electron chi connectivity index (χ0n) is 15.1. The van der Waals surface area contributed by atoms with E-state index in [2.05, 4.69) is 25.9 Å². The second-order valence-electron chi connectivity index (χ2n) is 5.73. The lowest BCUT2D eigenvalue weighted by molar-refractivity contribution is -0.116. The number of hydrogen-bond donors (Lipinski definition) is 3. The van der Waals surface area contributed by atoms with E-state index in [-0.39, 0.29) is 24.7 Å². The molecule has 0 aliphatic heterocycles. The summed E-state index contributed by atoms with van der Waals surface area (Å²) in [5.74, 6) is 0.647. The van der Waals surface area contributed by atoms with Gasteiger partial charge in [0.2, 0.25) is 5.91 Å². The normalized spacial score (nSPS) is 11.1. The van der Waals surface area contributed by atoms with E-state index in [0.717, 1.165) is 5.56 Å². The fourth-order valence-electron chi connectivity index (χ4n) is 2.17. The topological polar surface area (TPSA) is 78.4 Å². The number of aromatic nitrogens is 1. The van der Waals surface area contributed by atoms with Gasteiger partial charge in [-0.3, -0.25) is 4.79 Å². The van der Waals surface area contributed by atoms with Gasteiger partial charge in [0.25, 0.3) is 0 Å². The average molecular weight is 357 g/mol. The minimum atomic E-state index is -0.280. The monoisotopic (exact) mass is 357 g/mol. The van der Waals surface area contributed by atoms with Crippen LogP contribution in [0.2, 0.25) is 0 Å². The zero-order chi connectivity index (χ0) is 18.8. The first kappa shape index (κ1) is 19.4. The van der Waals surface area contributed by atoms with Crippen molar-refractivity contribution in [1.82, 2.24) is 15.6 Å². The Morgan fingerprint density at radius 2 is 2.00 bits per heavy atom. The first-order chi connectivity index (χ1) is 12.6. The molecule has 0 unspecified atom stereocenters. The van der Waals surface area contributed by atoms with E-state index in [0.29, 0.717) is 30.4 Å². The third-order valence-corrected chi connectivity index (χ3v) is 3.53. The number of amides is 1. The van der Waals surface area contributed by atoms with E-state index < -0.39 is 0 Å². The fraction of sp³-hybridized carbons (Fsp3) is 0.316. The molecule has 0 saturated carbocycles. The molecule has 7 heteroatoms. The Labute approximate surface area is 152 Å². The lowest BCUT2D eigenvalue weighted by Gasteiger charge is -2.11. The Balaban J connectivity index is 1.82. The van der Waals surface area contributed by atoms with E-state index in [1.165, 1.54) is 6.07 Å². The summed E-state index contributed by atoms with van der Waals surface area (Å²) in [6.45, 7) is 5.17. The third kappa shape index (κ3) is 6.51. The number of carbonyl (C=O) groups is 1.